The molecule has 0 bridgehead atoms. The van der Waals surface area contributed by atoms with E-state index in [1.54, 1.807) is 11.2 Å². The van der Waals surface area contributed by atoms with Crippen molar-refractivity contribution >= 4 is 11.6 Å². The van der Waals surface area contributed by atoms with Crippen LogP contribution < -0.4 is 14.8 Å². The second-order valence-electron chi connectivity index (χ2n) is 7.67. The molecule has 0 saturated heterocycles. The summed E-state index contributed by atoms with van der Waals surface area (Å²) >= 11 is 0. The fourth-order valence-corrected chi connectivity index (χ4v) is 4.22. The van der Waals surface area contributed by atoms with Crippen molar-refractivity contribution in [2.45, 2.75) is 39.1 Å². The number of rotatable bonds is 5. The van der Waals surface area contributed by atoms with Gasteiger partial charge in [-0.3, -0.25) is 4.79 Å². The third-order valence-electron chi connectivity index (χ3n) is 5.55. The maximum Gasteiger partial charge on any atom is 0.258 e. The Kier molecular flexibility index (Phi) is 4.62. The first kappa shape index (κ1) is 18.6. The number of carbonyl (C=O) groups excluding carboxylic acids is 1. The number of nitrogens with one attached hydrogen (secondary N) is 1. The van der Waals surface area contributed by atoms with Crippen LogP contribution in [-0.2, 0) is 13.0 Å². The van der Waals surface area contributed by atoms with Gasteiger partial charge in [-0.1, -0.05) is 12.1 Å². The van der Waals surface area contributed by atoms with Gasteiger partial charge in [0.05, 0.1) is 25.0 Å². The number of furan rings is 1. The minimum Gasteiger partial charge on any atom is -0.493 e. The van der Waals surface area contributed by atoms with Gasteiger partial charge in [-0.15, -0.1) is 0 Å². The van der Waals surface area contributed by atoms with Crippen molar-refractivity contribution in [2.75, 3.05) is 11.9 Å². The van der Waals surface area contributed by atoms with Gasteiger partial charge in [0, 0.05) is 23.2 Å². The van der Waals surface area contributed by atoms with Crippen LogP contribution in [0.25, 0.3) is 0 Å². The number of para-hydroxylation sites is 1. The predicted octanol–water partition coefficient (Wildman–Crippen LogP) is 4.77. The number of carbonyl (C=O) groups is 1. The lowest BCUT2D eigenvalue weighted by Crippen LogP contribution is -2.42. The molecular weight excluding hydrogens is 380 g/mol. The number of benzene rings is 2. The Morgan fingerprint density at radius 2 is 2.07 bits per heavy atom. The molecular formula is C24H24N2O4. The van der Waals surface area contributed by atoms with E-state index in [2.05, 4.69) is 18.3 Å². The van der Waals surface area contributed by atoms with Crippen LogP contribution in [0.1, 0.15) is 47.3 Å². The third kappa shape index (κ3) is 3.18. The Morgan fingerprint density at radius 1 is 1.20 bits per heavy atom. The minimum absolute atomic E-state index is 0.0528. The summed E-state index contributed by atoms with van der Waals surface area (Å²) in [7, 11) is 0. The summed E-state index contributed by atoms with van der Waals surface area (Å²) in [6.07, 6.45) is 2.19. The highest BCUT2D eigenvalue weighted by atomic mass is 16.5. The average Bonchev–Trinajstić information content (AvgIpc) is 3.38. The van der Waals surface area contributed by atoms with E-state index in [-0.39, 0.29) is 12.0 Å². The Bertz CT molecular complexity index is 1080. The molecule has 30 heavy (non-hydrogen) atoms. The highest BCUT2D eigenvalue weighted by molar-refractivity contribution is 6.01. The molecule has 0 unspecified atom stereocenters. The SMILES string of the molecule is CCOc1cc2c(cc1[C@H]1Nc3ccccc3C(=O)N1Cc1ccco1)O[C@H](C)C2. The molecule has 0 radical (unpaired) electrons. The van der Waals surface area contributed by atoms with Crippen LogP contribution in [0.2, 0.25) is 0 Å². The van der Waals surface area contributed by atoms with E-state index >= 15 is 0 Å². The molecule has 1 N–H and O–H groups in total. The summed E-state index contributed by atoms with van der Waals surface area (Å²) in [5.74, 6) is 2.29. The van der Waals surface area contributed by atoms with Gasteiger partial charge < -0.3 is 24.1 Å². The van der Waals surface area contributed by atoms with E-state index in [0.29, 0.717) is 18.7 Å². The second-order valence-corrected chi connectivity index (χ2v) is 7.67. The lowest BCUT2D eigenvalue weighted by molar-refractivity contribution is 0.0648. The smallest absolute Gasteiger partial charge is 0.258 e. The maximum atomic E-state index is 13.5. The molecule has 1 amide bonds. The van der Waals surface area contributed by atoms with Crippen molar-refractivity contribution in [3.05, 3.63) is 77.2 Å². The molecule has 0 fully saturated rings. The number of anilines is 1. The Hall–Kier alpha value is -3.41. The van der Waals surface area contributed by atoms with Gasteiger partial charge in [0.25, 0.3) is 5.91 Å². The van der Waals surface area contributed by atoms with Crippen molar-refractivity contribution in [1.29, 1.82) is 0 Å². The Morgan fingerprint density at radius 3 is 2.87 bits per heavy atom. The van der Waals surface area contributed by atoms with Crippen molar-refractivity contribution < 1.29 is 18.7 Å². The van der Waals surface area contributed by atoms with Crippen LogP contribution in [0.3, 0.4) is 0 Å². The van der Waals surface area contributed by atoms with E-state index in [0.717, 1.165) is 40.5 Å². The summed E-state index contributed by atoms with van der Waals surface area (Å²) in [5.41, 5.74) is 3.46. The monoisotopic (exact) mass is 404 g/mol. The molecule has 6 nitrogen and oxygen atoms in total. The zero-order valence-corrected chi connectivity index (χ0v) is 17.1. The predicted molar refractivity (Wildman–Crippen MR) is 113 cm³/mol. The summed E-state index contributed by atoms with van der Waals surface area (Å²) < 4.78 is 17.5. The molecule has 2 aliphatic rings. The lowest BCUT2D eigenvalue weighted by atomic mass is 10.00. The second kappa shape index (κ2) is 7.44. The van der Waals surface area contributed by atoms with E-state index < -0.39 is 6.17 Å². The van der Waals surface area contributed by atoms with Crippen molar-refractivity contribution in [2.24, 2.45) is 0 Å². The zero-order chi connectivity index (χ0) is 20.7. The van der Waals surface area contributed by atoms with Gasteiger partial charge in [0.1, 0.15) is 29.5 Å². The standard InChI is InChI=1S/C24H24N2O4/c1-3-28-22-12-16-11-15(2)30-21(16)13-19(22)23-25-20-9-5-4-8-18(20)24(27)26(23)14-17-7-6-10-29-17/h4-10,12-13,15,23,25H,3,11,14H2,1-2H3/t15-,23+/m1/s1. The molecule has 1 aromatic heterocycles. The van der Waals surface area contributed by atoms with Gasteiger partial charge >= 0.3 is 0 Å². The number of hydrogen-bond donors (Lipinski definition) is 1. The molecule has 5 rings (SSSR count). The van der Waals surface area contributed by atoms with Crippen LogP contribution in [0.5, 0.6) is 11.5 Å². The largest absolute Gasteiger partial charge is 0.493 e. The summed E-state index contributed by atoms with van der Waals surface area (Å²) in [6.45, 7) is 4.91. The number of amides is 1. The number of nitrogens with zero attached hydrogens (tertiary/aromatic N) is 1. The van der Waals surface area contributed by atoms with Crippen molar-refractivity contribution in [3.8, 4) is 11.5 Å². The van der Waals surface area contributed by atoms with Crippen molar-refractivity contribution in [1.82, 2.24) is 4.90 Å². The van der Waals surface area contributed by atoms with Gasteiger partial charge in [0.15, 0.2) is 0 Å². The van der Waals surface area contributed by atoms with E-state index in [4.69, 9.17) is 13.9 Å². The first-order chi connectivity index (χ1) is 14.6. The van der Waals surface area contributed by atoms with E-state index in [1.165, 1.54) is 0 Å². The summed E-state index contributed by atoms with van der Waals surface area (Å²) in [5, 5.41) is 3.54. The molecule has 154 valence electrons. The number of ether oxygens (including phenoxy) is 2. The lowest BCUT2D eigenvalue weighted by Gasteiger charge is -2.38. The van der Waals surface area contributed by atoms with Crippen LogP contribution in [0.4, 0.5) is 5.69 Å². The van der Waals surface area contributed by atoms with Crippen LogP contribution in [-0.4, -0.2) is 23.5 Å². The Labute approximate surface area is 175 Å². The van der Waals surface area contributed by atoms with Gasteiger partial charge in [-0.25, -0.2) is 0 Å². The van der Waals surface area contributed by atoms with E-state index in [9.17, 15) is 4.79 Å². The molecule has 3 aromatic rings. The number of fused-ring (bicyclic) bond motifs is 2. The average molecular weight is 404 g/mol. The third-order valence-corrected chi connectivity index (χ3v) is 5.55. The molecule has 2 aliphatic heterocycles. The molecule has 6 heteroatoms. The maximum absolute atomic E-state index is 13.5. The molecule has 0 aliphatic carbocycles. The molecule has 0 spiro atoms. The zero-order valence-electron chi connectivity index (χ0n) is 17.1. The quantitative estimate of drug-likeness (QED) is 0.664. The van der Waals surface area contributed by atoms with Crippen molar-refractivity contribution in [3.63, 3.8) is 0 Å². The molecule has 3 heterocycles. The normalized spacial score (nSPS) is 19.7. The first-order valence-electron chi connectivity index (χ1n) is 10.3. The highest BCUT2D eigenvalue weighted by Gasteiger charge is 2.36. The van der Waals surface area contributed by atoms with Gasteiger partial charge in [0.2, 0.25) is 0 Å². The fraction of sp³-hybridized carbons (Fsp3) is 0.292. The Balaban J connectivity index is 1.62. The molecule has 0 saturated carbocycles. The molecule has 2 aromatic carbocycles. The highest BCUT2D eigenvalue weighted by Crippen LogP contribution is 2.42. The topological polar surface area (TPSA) is 63.9 Å². The minimum atomic E-state index is -0.413. The van der Waals surface area contributed by atoms with Crippen LogP contribution in [0.15, 0.2) is 59.2 Å². The van der Waals surface area contributed by atoms with Gasteiger partial charge in [-0.2, -0.15) is 0 Å². The van der Waals surface area contributed by atoms with E-state index in [1.807, 2.05) is 49.4 Å². The fourth-order valence-electron chi connectivity index (χ4n) is 4.22. The number of hydrogen-bond acceptors (Lipinski definition) is 5. The summed E-state index contributed by atoms with van der Waals surface area (Å²) in [6, 6.07) is 15.3. The van der Waals surface area contributed by atoms with Gasteiger partial charge in [-0.05, 0) is 50.2 Å². The summed E-state index contributed by atoms with van der Waals surface area (Å²) in [4.78, 5) is 15.2. The first-order valence-corrected chi connectivity index (χ1v) is 10.3. The van der Waals surface area contributed by atoms with Crippen LogP contribution in [0, 0.1) is 0 Å². The van der Waals surface area contributed by atoms with Crippen LogP contribution >= 0.6 is 0 Å². The molecule has 2 atom stereocenters.